The molecule has 0 aromatic carbocycles. The van der Waals surface area contributed by atoms with Crippen molar-refractivity contribution in [2.45, 2.75) is 75.4 Å². The van der Waals surface area contributed by atoms with Gasteiger partial charge in [-0.25, -0.2) is 9.97 Å². The standard InChI is InChI=1S/C30H42N10/c1-38-13-15-39(16-14-38)24-9-10-26(32-19-24)36-29-33-18-21-17-25-27(35-23-7-5-22(31)6-8-23)34-20-30(11-3-2-4-12-30)40(25)28(21)37-29/h9-10,17-19,22-23H,2-8,11-16,20,31H2,1H3,(H,34,35)(H,32,33,36,37)/t22-,23-. The van der Waals surface area contributed by atoms with Gasteiger partial charge in [0.2, 0.25) is 5.95 Å². The predicted octanol–water partition coefficient (Wildman–Crippen LogP) is 3.60. The molecule has 3 aromatic heterocycles. The maximum absolute atomic E-state index is 6.17. The molecule has 0 unspecified atom stereocenters. The molecule has 4 aliphatic rings. The van der Waals surface area contributed by atoms with E-state index in [-0.39, 0.29) is 5.54 Å². The zero-order valence-corrected chi connectivity index (χ0v) is 23.6. The van der Waals surface area contributed by atoms with Crippen LogP contribution in [0.1, 0.15) is 63.5 Å². The number of piperazine rings is 1. The first kappa shape index (κ1) is 25.7. The summed E-state index contributed by atoms with van der Waals surface area (Å²) < 4.78 is 2.50. The first-order valence-corrected chi connectivity index (χ1v) is 15.2. The van der Waals surface area contributed by atoms with Crippen molar-refractivity contribution in [1.29, 1.82) is 0 Å². The van der Waals surface area contributed by atoms with Crippen molar-refractivity contribution in [2.24, 2.45) is 10.7 Å². The Hall–Kier alpha value is -3.24. The van der Waals surface area contributed by atoms with Gasteiger partial charge >= 0.3 is 0 Å². The van der Waals surface area contributed by atoms with Gasteiger partial charge in [0, 0.05) is 49.8 Å². The summed E-state index contributed by atoms with van der Waals surface area (Å²) in [5.74, 6) is 2.34. The number of hydrogen-bond donors (Lipinski definition) is 3. The zero-order chi connectivity index (χ0) is 27.1. The number of rotatable bonds is 4. The molecule has 0 amide bonds. The van der Waals surface area contributed by atoms with Crippen LogP contribution in [0.15, 0.2) is 35.6 Å². The van der Waals surface area contributed by atoms with E-state index < -0.39 is 0 Å². The minimum absolute atomic E-state index is 0.0105. The first-order valence-electron chi connectivity index (χ1n) is 15.2. The number of nitrogens with two attached hydrogens (primary N) is 1. The molecule has 3 fully saturated rings. The van der Waals surface area contributed by atoms with E-state index in [0.717, 1.165) is 105 Å². The topological polar surface area (TPSA) is 113 Å². The minimum atomic E-state index is -0.0105. The summed E-state index contributed by atoms with van der Waals surface area (Å²) in [7, 11) is 2.18. The summed E-state index contributed by atoms with van der Waals surface area (Å²) in [4.78, 5) is 24.4. The summed E-state index contributed by atoms with van der Waals surface area (Å²) in [6, 6.07) is 7.16. The Bertz CT molecular complexity index is 1360. The van der Waals surface area contributed by atoms with Gasteiger partial charge in [0.15, 0.2) is 0 Å². The largest absolute Gasteiger partial charge is 0.368 e. The molecule has 0 radical (unpaired) electrons. The molecule has 40 heavy (non-hydrogen) atoms. The van der Waals surface area contributed by atoms with Crippen molar-refractivity contribution in [3.63, 3.8) is 0 Å². The van der Waals surface area contributed by atoms with Crippen LogP contribution in [0.3, 0.4) is 0 Å². The van der Waals surface area contributed by atoms with Gasteiger partial charge in [0.25, 0.3) is 0 Å². The molecule has 10 nitrogen and oxygen atoms in total. The van der Waals surface area contributed by atoms with Crippen molar-refractivity contribution in [3.05, 3.63) is 36.3 Å². The molecule has 2 saturated carbocycles. The molecule has 0 bridgehead atoms. The third-order valence-corrected chi connectivity index (χ3v) is 9.54. The van der Waals surface area contributed by atoms with Gasteiger partial charge < -0.3 is 30.7 Å². The Kier molecular flexibility index (Phi) is 6.83. The second-order valence-corrected chi connectivity index (χ2v) is 12.4. The van der Waals surface area contributed by atoms with Crippen molar-refractivity contribution in [1.82, 2.24) is 29.7 Å². The monoisotopic (exact) mass is 542 g/mol. The van der Waals surface area contributed by atoms with E-state index in [0.29, 0.717) is 18.0 Å². The van der Waals surface area contributed by atoms with Gasteiger partial charge in [-0.2, -0.15) is 4.98 Å². The highest BCUT2D eigenvalue weighted by molar-refractivity contribution is 6.02. The van der Waals surface area contributed by atoms with Gasteiger partial charge in [-0.05, 0) is 63.8 Å². The quantitative estimate of drug-likeness (QED) is 0.459. The molecular formula is C30H42N10. The number of likely N-dealkylation sites (N-methyl/N-ethyl adjacent to an activating group) is 1. The number of nitrogens with one attached hydrogen (secondary N) is 2. The first-order chi connectivity index (χ1) is 19.6. The van der Waals surface area contributed by atoms with Crippen LogP contribution in [0.25, 0.3) is 11.0 Å². The van der Waals surface area contributed by atoms with E-state index in [1.807, 2.05) is 18.5 Å². The van der Waals surface area contributed by atoms with Crippen LogP contribution in [0.4, 0.5) is 17.5 Å². The van der Waals surface area contributed by atoms with Gasteiger partial charge in [-0.15, -0.1) is 0 Å². The molecule has 0 atom stereocenters. The Labute approximate surface area is 236 Å². The van der Waals surface area contributed by atoms with E-state index in [1.54, 1.807) is 0 Å². The number of amidine groups is 1. The molecular weight excluding hydrogens is 500 g/mol. The SMILES string of the molecule is CN1CCN(c2ccc(Nc3ncc4cc5n(c4n3)C3(CCCCC3)CN=C5N[C@H]3CC[C@H](N)CC3)nc2)CC1. The van der Waals surface area contributed by atoms with Crippen LogP contribution in [-0.4, -0.2) is 82.1 Å². The third-order valence-electron chi connectivity index (χ3n) is 9.54. The maximum Gasteiger partial charge on any atom is 0.230 e. The molecule has 3 aromatic rings. The molecule has 1 saturated heterocycles. The Morgan fingerprint density at radius 2 is 1.75 bits per heavy atom. The average molecular weight is 543 g/mol. The van der Waals surface area contributed by atoms with Crippen LogP contribution in [-0.2, 0) is 5.54 Å². The lowest BCUT2D eigenvalue weighted by molar-refractivity contribution is 0.202. The maximum atomic E-state index is 6.17. The number of nitrogens with zero attached hydrogens (tertiary/aromatic N) is 7. The number of pyridine rings is 1. The summed E-state index contributed by atoms with van der Waals surface area (Å²) >= 11 is 0. The highest BCUT2D eigenvalue weighted by Gasteiger charge is 2.40. The molecule has 5 heterocycles. The summed E-state index contributed by atoms with van der Waals surface area (Å²) in [5.41, 5.74) is 9.47. The fraction of sp³-hybridized carbons (Fsp3) is 0.600. The molecule has 2 aliphatic carbocycles. The number of aliphatic imine (C=N–C) groups is 1. The third kappa shape index (κ3) is 4.92. The predicted molar refractivity (Wildman–Crippen MR) is 161 cm³/mol. The van der Waals surface area contributed by atoms with Crippen molar-refractivity contribution in [2.75, 3.05) is 50.0 Å². The summed E-state index contributed by atoms with van der Waals surface area (Å²) in [6.45, 7) is 5.02. The highest BCUT2D eigenvalue weighted by Crippen LogP contribution is 2.41. The van der Waals surface area contributed by atoms with E-state index in [4.69, 9.17) is 20.7 Å². The number of aromatic nitrogens is 4. The molecule has 212 valence electrons. The van der Waals surface area contributed by atoms with Crippen molar-refractivity contribution >= 4 is 34.3 Å². The lowest BCUT2D eigenvalue weighted by atomic mass is 9.80. The fourth-order valence-corrected chi connectivity index (χ4v) is 7.08. The molecule has 7 rings (SSSR count). The average Bonchev–Trinajstić information content (AvgIpc) is 3.38. The molecule has 1 spiro atoms. The lowest BCUT2D eigenvalue weighted by Gasteiger charge is -2.42. The smallest absolute Gasteiger partial charge is 0.230 e. The van der Waals surface area contributed by atoms with Crippen LogP contribution >= 0.6 is 0 Å². The molecule has 10 heteroatoms. The van der Waals surface area contributed by atoms with Crippen LogP contribution in [0.2, 0.25) is 0 Å². The van der Waals surface area contributed by atoms with Gasteiger partial charge in [0.1, 0.15) is 17.3 Å². The Morgan fingerprint density at radius 3 is 2.50 bits per heavy atom. The number of hydrogen-bond acceptors (Lipinski definition) is 9. The van der Waals surface area contributed by atoms with Gasteiger partial charge in [-0.3, -0.25) is 4.99 Å². The van der Waals surface area contributed by atoms with E-state index in [2.05, 4.69) is 49.2 Å². The lowest BCUT2D eigenvalue weighted by Crippen LogP contribution is -2.48. The van der Waals surface area contributed by atoms with Crippen molar-refractivity contribution < 1.29 is 0 Å². The van der Waals surface area contributed by atoms with E-state index in [9.17, 15) is 0 Å². The van der Waals surface area contributed by atoms with Crippen LogP contribution in [0.5, 0.6) is 0 Å². The van der Waals surface area contributed by atoms with E-state index in [1.165, 1.54) is 19.3 Å². The van der Waals surface area contributed by atoms with Gasteiger partial charge in [-0.1, -0.05) is 19.3 Å². The molecule has 4 N–H and O–H groups in total. The summed E-state index contributed by atoms with van der Waals surface area (Å²) in [6.07, 6.45) is 14.3. The second kappa shape index (κ2) is 10.6. The Morgan fingerprint density at radius 1 is 0.950 bits per heavy atom. The summed E-state index contributed by atoms with van der Waals surface area (Å²) in [5, 5.41) is 8.23. The van der Waals surface area contributed by atoms with Crippen LogP contribution in [0, 0.1) is 0 Å². The Balaban J connectivity index is 1.17. The highest BCUT2D eigenvalue weighted by atomic mass is 15.3. The number of anilines is 3. The second-order valence-electron chi connectivity index (χ2n) is 12.4. The van der Waals surface area contributed by atoms with Crippen LogP contribution < -0.4 is 21.3 Å². The normalized spacial score (nSPS) is 25.1. The van der Waals surface area contributed by atoms with Crippen molar-refractivity contribution in [3.8, 4) is 0 Å². The zero-order valence-electron chi connectivity index (χ0n) is 23.6. The van der Waals surface area contributed by atoms with Gasteiger partial charge in [0.05, 0.1) is 29.7 Å². The minimum Gasteiger partial charge on any atom is -0.368 e. The fourth-order valence-electron chi connectivity index (χ4n) is 7.08. The number of fused-ring (bicyclic) bond motifs is 4. The molecule has 2 aliphatic heterocycles. The van der Waals surface area contributed by atoms with E-state index >= 15 is 0 Å².